The Balaban J connectivity index is 1.91. The van der Waals surface area contributed by atoms with Crippen LogP contribution < -0.4 is 5.32 Å². The van der Waals surface area contributed by atoms with Gasteiger partial charge in [0.15, 0.2) is 17.2 Å². The highest BCUT2D eigenvalue weighted by Gasteiger charge is 2.24. The lowest BCUT2D eigenvalue weighted by molar-refractivity contribution is 0.0935. The van der Waals surface area contributed by atoms with Crippen LogP contribution >= 0.6 is 11.3 Å². The molecule has 0 aromatic carbocycles. The second-order valence-electron chi connectivity index (χ2n) is 7.73. The molecule has 0 spiro atoms. The summed E-state index contributed by atoms with van der Waals surface area (Å²) >= 11 is 1.62. The maximum Gasteiger partial charge on any atom is 0.272 e. The summed E-state index contributed by atoms with van der Waals surface area (Å²) in [5.41, 5.74) is 1.90. The number of fused-ring (bicyclic) bond motifs is 1. The Morgan fingerprint density at radius 1 is 1.11 bits per heavy atom. The molecule has 0 saturated heterocycles. The van der Waals surface area contributed by atoms with E-state index in [2.05, 4.69) is 41.2 Å². The van der Waals surface area contributed by atoms with Crippen molar-refractivity contribution in [1.82, 2.24) is 25.1 Å². The van der Waals surface area contributed by atoms with Crippen molar-refractivity contribution in [2.45, 2.75) is 20.8 Å². The normalized spacial score (nSPS) is 11.7. The summed E-state index contributed by atoms with van der Waals surface area (Å²) < 4.78 is 1.64. The van der Waals surface area contributed by atoms with Gasteiger partial charge in [0.05, 0.1) is 5.39 Å². The molecule has 0 fully saturated rings. The first-order chi connectivity index (χ1) is 13.4. The Hall–Kier alpha value is -3.06. The van der Waals surface area contributed by atoms with Gasteiger partial charge in [-0.15, -0.1) is 11.3 Å². The first kappa shape index (κ1) is 18.3. The van der Waals surface area contributed by atoms with Crippen molar-refractivity contribution in [3.63, 3.8) is 0 Å². The maximum atomic E-state index is 13.0. The highest BCUT2D eigenvalue weighted by atomic mass is 32.1. The minimum Gasteiger partial charge on any atom is -0.350 e. The van der Waals surface area contributed by atoms with Crippen molar-refractivity contribution in [2.75, 3.05) is 6.54 Å². The summed E-state index contributed by atoms with van der Waals surface area (Å²) in [6.45, 7) is 6.79. The van der Waals surface area contributed by atoms with Crippen LogP contribution in [-0.4, -0.2) is 32.2 Å². The third kappa shape index (κ3) is 3.53. The van der Waals surface area contributed by atoms with E-state index in [-0.39, 0.29) is 11.3 Å². The summed E-state index contributed by atoms with van der Waals surface area (Å²) in [7, 11) is 0. The zero-order chi connectivity index (χ0) is 19.7. The molecule has 1 amide bonds. The van der Waals surface area contributed by atoms with Crippen LogP contribution in [0.25, 0.3) is 27.3 Å². The lowest BCUT2D eigenvalue weighted by atomic mass is 9.97. The fourth-order valence-corrected chi connectivity index (χ4v) is 3.66. The van der Waals surface area contributed by atoms with Gasteiger partial charge in [-0.3, -0.25) is 4.79 Å². The van der Waals surface area contributed by atoms with Crippen molar-refractivity contribution < 1.29 is 4.79 Å². The van der Waals surface area contributed by atoms with E-state index >= 15 is 0 Å². The van der Waals surface area contributed by atoms with Crippen LogP contribution in [0.4, 0.5) is 0 Å². The van der Waals surface area contributed by atoms with Crippen LogP contribution in [0.2, 0.25) is 0 Å². The van der Waals surface area contributed by atoms with Crippen LogP contribution in [0.1, 0.15) is 31.3 Å². The fraction of sp³-hybridized carbons (Fsp3) is 0.238. The van der Waals surface area contributed by atoms with Gasteiger partial charge in [-0.1, -0.05) is 32.9 Å². The Morgan fingerprint density at radius 2 is 1.96 bits per heavy atom. The molecule has 0 aliphatic rings. The van der Waals surface area contributed by atoms with E-state index in [0.717, 1.165) is 15.8 Å². The van der Waals surface area contributed by atoms with E-state index in [1.165, 1.54) is 0 Å². The standard InChI is InChI=1S/C21H21N5OS/c1-21(2,3)13-24-20(27)18-17-14(15-7-6-12-28-15)9-11-23-19(17)26(25-18)16-8-4-5-10-22-16/h4-12H,13H2,1-3H3,(H,24,27). The predicted octanol–water partition coefficient (Wildman–Crippen LogP) is 4.32. The number of pyridine rings is 2. The molecule has 4 aromatic heterocycles. The van der Waals surface area contributed by atoms with Gasteiger partial charge < -0.3 is 5.32 Å². The lowest BCUT2D eigenvalue weighted by Crippen LogP contribution is -2.32. The quantitative estimate of drug-likeness (QED) is 0.562. The van der Waals surface area contributed by atoms with Crippen molar-refractivity contribution >= 4 is 28.3 Å². The number of carbonyl (C=O) groups is 1. The lowest BCUT2D eigenvalue weighted by Gasteiger charge is -2.18. The van der Waals surface area contributed by atoms with Crippen LogP contribution in [-0.2, 0) is 0 Å². The molecular formula is C21H21N5OS. The number of hydrogen-bond acceptors (Lipinski definition) is 5. The SMILES string of the molecule is CC(C)(C)CNC(=O)c1nn(-c2ccccn2)c2nccc(-c3cccs3)c12. The molecule has 142 valence electrons. The van der Waals surface area contributed by atoms with Crippen molar-refractivity contribution in [1.29, 1.82) is 0 Å². The van der Waals surface area contributed by atoms with Crippen molar-refractivity contribution in [2.24, 2.45) is 5.41 Å². The van der Waals surface area contributed by atoms with E-state index in [1.807, 2.05) is 41.8 Å². The predicted molar refractivity (Wildman–Crippen MR) is 112 cm³/mol. The average Bonchev–Trinajstić information content (AvgIpc) is 3.34. The van der Waals surface area contributed by atoms with Gasteiger partial charge in [-0.25, -0.2) is 9.97 Å². The number of hydrogen-bond donors (Lipinski definition) is 1. The van der Waals surface area contributed by atoms with Crippen molar-refractivity contribution in [3.05, 3.63) is 59.9 Å². The number of carbonyl (C=O) groups excluding carboxylic acids is 1. The molecule has 0 aliphatic carbocycles. The summed E-state index contributed by atoms with van der Waals surface area (Å²) in [6, 6.07) is 11.5. The van der Waals surface area contributed by atoms with E-state index < -0.39 is 0 Å². The molecule has 0 radical (unpaired) electrons. The highest BCUT2D eigenvalue weighted by Crippen LogP contribution is 2.33. The molecule has 0 aliphatic heterocycles. The van der Waals surface area contributed by atoms with E-state index in [4.69, 9.17) is 0 Å². The Morgan fingerprint density at radius 3 is 2.64 bits per heavy atom. The largest absolute Gasteiger partial charge is 0.350 e. The number of thiophene rings is 1. The maximum absolute atomic E-state index is 13.0. The Labute approximate surface area is 167 Å². The van der Waals surface area contributed by atoms with Gasteiger partial charge in [0.25, 0.3) is 5.91 Å². The zero-order valence-corrected chi connectivity index (χ0v) is 16.8. The van der Waals surface area contributed by atoms with Gasteiger partial charge >= 0.3 is 0 Å². The first-order valence-electron chi connectivity index (χ1n) is 9.05. The third-order valence-corrected chi connectivity index (χ3v) is 5.12. The molecule has 0 bridgehead atoms. The molecule has 6 nitrogen and oxygen atoms in total. The molecule has 4 aromatic rings. The average molecular weight is 392 g/mol. The molecule has 0 saturated carbocycles. The number of aromatic nitrogens is 4. The Kier molecular flexibility index (Phi) is 4.68. The number of nitrogens with one attached hydrogen (secondary N) is 1. The third-order valence-electron chi connectivity index (χ3n) is 4.22. The second-order valence-corrected chi connectivity index (χ2v) is 8.67. The number of nitrogens with zero attached hydrogens (tertiary/aromatic N) is 4. The van der Waals surface area contributed by atoms with Crippen molar-refractivity contribution in [3.8, 4) is 16.3 Å². The summed E-state index contributed by atoms with van der Waals surface area (Å²) in [5, 5.41) is 10.4. The molecule has 7 heteroatoms. The van der Waals surface area contributed by atoms with Crippen LogP contribution in [0.15, 0.2) is 54.2 Å². The smallest absolute Gasteiger partial charge is 0.272 e. The molecule has 28 heavy (non-hydrogen) atoms. The second kappa shape index (κ2) is 7.16. The molecule has 0 atom stereocenters. The minimum absolute atomic E-state index is 0.0240. The highest BCUT2D eigenvalue weighted by molar-refractivity contribution is 7.13. The number of rotatable bonds is 4. The van der Waals surface area contributed by atoms with Gasteiger partial charge in [0, 0.05) is 29.4 Å². The molecule has 4 rings (SSSR count). The van der Waals surface area contributed by atoms with Crippen LogP contribution in [0, 0.1) is 5.41 Å². The van der Waals surface area contributed by atoms with Gasteiger partial charge in [0.1, 0.15) is 0 Å². The minimum atomic E-state index is -0.208. The summed E-state index contributed by atoms with van der Waals surface area (Å²) in [6.07, 6.45) is 3.45. The van der Waals surface area contributed by atoms with E-state index in [0.29, 0.717) is 23.7 Å². The van der Waals surface area contributed by atoms with E-state index in [1.54, 1.807) is 28.4 Å². The molecule has 0 unspecified atom stereocenters. The van der Waals surface area contributed by atoms with Crippen LogP contribution in [0.3, 0.4) is 0 Å². The number of amides is 1. The monoisotopic (exact) mass is 391 g/mol. The fourth-order valence-electron chi connectivity index (χ4n) is 2.91. The molecule has 4 heterocycles. The zero-order valence-electron chi connectivity index (χ0n) is 16.0. The first-order valence-corrected chi connectivity index (χ1v) is 9.93. The van der Waals surface area contributed by atoms with Crippen LogP contribution in [0.5, 0.6) is 0 Å². The Bertz CT molecular complexity index is 1110. The van der Waals surface area contributed by atoms with Gasteiger partial charge in [-0.2, -0.15) is 9.78 Å². The summed E-state index contributed by atoms with van der Waals surface area (Å²) in [5.74, 6) is 0.415. The van der Waals surface area contributed by atoms with E-state index in [9.17, 15) is 4.79 Å². The molecular weight excluding hydrogens is 370 g/mol. The topological polar surface area (TPSA) is 72.7 Å². The summed E-state index contributed by atoms with van der Waals surface area (Å²) in [4.78, 5) is 23.0. The van der Waals surface area contributed by atoms with Gasteiger partial charge in [0.2, 0.25) is 0 Å². The molecule has 1 N–H and O–H groups in total. The van der Waals surface area contributed by atoms with Gasteiger partial charge in [-0.05, 0) is 35.1 Å².